The topological polar surface area (TPSA) is 83.6 Å². The number of hydrogen-bond donors (Lipinski definition) is 2. The van der Waals surface area contributed by atoms with Gasteiger partial charge in [-0.3, -0.25) is 14.9 Å². The number of aryl methyl sites for hydroxylation is 1. The average Bonchev–Trinajstić information content (AvgIpc) is 2.95. The van der Waals surface area contributed by atoms with E-state index in [1.807, 2.05) is 43.3 Å². The van der Waals surface area contributed by atoms with Crippen molar-refractivity contribution in [3.63, 3.8) is 0 Å². The smallest absolute Gasteiger partial charge is 0.228 e. The number of aromatic nitrogens is 4. The van der Waals surface area contributed by atoms with E-state index in [-0.39, 0.29) is 5.91 Å². The molecule has 2 heterocycles. The van der Waals surface area contributed by atoms with Crippen LogP contribution in [0.5, 0.6) is 0 Å². The lowest BCUT2D eigenvalue weighted by Crippen LogP contribution is -2.14. The zero-order valence-corrected chi connectivity index (χ0v) is 12.1. The highest BCUT2D eigenvalue weighted by atomic mass is 16.1. The number of carbonyl (C=O) groups excluding carboxylic acids is 1. The second-order valence-corrected chi connectivity index (χ2v) is 4.91. The predicted molar refractivity (Wildman–Crippen MR) is 83.1 cm³/mol. The molecule has 3 rings (SSSR count). The molecule has 0 radical (unpaired) electrons. The molecule has 0 unspecified atom stereocenters. The molecule has 0 saturated carbocycles. The standard InChI is InChI=1S/C16H15N5O/c1-11-18-16(21-20-11)13-3-2-4-14(10-13)19-15(22)9-12-5-7-17-8-6-12/h2-8,10H,9H2,1H3,(H,19,22)(H,18,20,21). The summed E-state index contributed by atoms with van der Waals surface area (Å²) in [6.45, 7) is 1.84. The van der Waals surface area contributed by atoms with Gasteiger partial charge >= 0.3 is 0 Å². The summed E-state index contributed by atoms with van der Waals surface area (Å²) in [5.74, 6) is 1.29. The lowest BCUT2D eigenvalue weighted by molar-refractivity contribution is -0.115. The summed E-state index contributed by atoms with van der Waals surface area (Å²) in [6, 6.07) is 11.1. The van der Waals surface area contributed by atoms with Crippen molar-refractivity contribution in [3.05, 3.63) is 60.2 Å². The Kier molecular flexibility index (Phi) is 3.91. The van der Waals surface area contributed by atoms with Crippen molar-refractivity contribution in [3.8, 4) is 11.4 Å². The summed E-state index contributed by atoms with van der Waals surface area (Å²) in [5.41, 5.74) is 2.50. The minimum atomic E-state index is -0.0745. The molecule has 0 spiro atoms. The summed E-state index contributed by atoms with van der Waals surface area (Å²) >= 11 is 0. The van der Waals surface area contributed by atoms with E-state index in [1.54, 1.807) is 12.4 Å². The quantitative estimate of drug-likeness (QED) is 0.773. The zero-order valence-electron chi connectivity index (χ0n) is 12.1. The molecule has 0 aliphatic heterocycles. The van der Waals surface area contributed by atoms with E-state index in [1.165, 1.54) is 0 Å². The van der Waals surface area contributed by atoms with Crippen LogP contribution >= 0.6 is 0 Å². The third-order valence-electron chi connectivity index (χ3n) is 3.12. The molecule has 110 valence electrons. The first-order chi connectivity index (χ1) is 10.7. The molecule has 2 N–H and O–H groups in total. The van der Waals surface area contributed by atoms with Gasteiger partial charge in [0.25, 0.3) is 0 Å². The molecule has 3 aromatic rings. The van der Waals surface area contributed by atoms with Crippen molar-refractivity contribution < 1.29 is 4.79 Å². The SMILES string of the molecule is Cc1nc(-c2cccc(NC(=O)Cc3ccncc3)c2)n[nH]1. The van der Waals surface area contributed by atoms with Crippen LogP contribution in [0.3, 0.4) is 0 Å². The van der Waals surface area contributed by atoms with Crippen LogP contribution in [0.4, 0.5) is 5.69 Å². The molecular weight excluding hydrogens is 278 g/mol. The number of nitrogens with zero attached hydrogens (tertiary/aromatic N) is 3. The Morgan fingerprint density at radius 1 is 1.23 bits per heavy atom. The molecule has 22 heavy (non-hydrogen) atoms. The largest absolute Gasteiger partial charge is 0.326 e. The number of H-pyrrole nitrogens is 1. The van der Waals surface area contributed by atoms with Gasteiger partial charge in [-0.15, -0.1) is 0 Å². The van der Waals surface area contributed by atoms with Crippen molar-refractivity contribution in [1.29, 1.82) is 0 Å². The number of amides is 1. The van der Waals surface area contributed by atoms with Crippen LogP contribution in [0.25, 0.3) is 11.4 Å². The Labute approximate surface area is 127 Å². The van der Waals surface area contributed by atoms with Crippen LogP contribution in [0.15, 0.2) is 48.8 Å². The van der Waals surface area contributed by atoms with Crippen molar-refractivity contribution in [1.82, 2.24) is 20.2 Å². The fourth-order valence-corrected chi connectivity index (χ4v) is 2.10. The normalized spacial score (nSPS) is 10.4. The molecule has 0 saturated heterocycles. The average molecular weight is 293 g/mol. The number of nitrogens with one attached hydrogen (secondary N) is 2. The molecule has 6 heteroatoms. The van der Waals surface area contributed by atoms with E-state index in [2.05, 4.69) is 25.5 Å². The highest BCUT2D eigenvalue weighted by molar-refractivity contribution is 5.92. The van der Waals surface area contributed by atoms with E-state index < -0.39 is 0 Å². The Hall–Kier alpha value is -3.02. The molecule has 0 fully saturated rings. The molecule has 1 amide bonds. The van der Waals surface area contributed by atoms with Gasteiger partial charge in [-0.25, -0.2) is 4.98 Å². The first-order valence-corrected chi connectivity index (χ1v) is 6.89. The van der Waals surface area contributed by atoms with Crippen molar-refractivity contribution >= 4 is 11.6 Å². The van der Waals surface area contributed by atoms with Gasteiger partial charge in [0.2, 0.25) is 5.91 Å². The second-order valence-electron chi connectivity index (χ2n) is 4.91. The Bertz CT molecular complexity index is 782. The lowest BCUT2D eigenvalue weighted by Gasteiger charge is -2.06. The first kappa shape index (κ1) is 13.9. The van der Waals surface area contributed by atoms with Gasteiger partial charge in [0.1, 0.15) is 5.82 Å². The van der Waals surface area contributed by atoms with Gasteiger partial charge in [0.05, 0.1) is 6.42 Å². The Morgan fingerprint density at radius 3 is 2.77 bits per heavy atom. The number of benzene rings is 1. The number of carbonyl (C=O) groups is 1. The van der Waals surface area contributed by atoms with Gasteiger partial charge in [-0.2, -0.15) is 5.10 Å². The van der Waals surface area contributed by atoms with Crippen LogP contribution in [-0.2, 0) is 11.2 Å². The van der Waals surface area contributed by atoms with E-state index in [0.717, 1.165) is 22.6 Å². The van der Waals surface area contributed by atoms with Crippen LogP contribution in [0.2, 0.25) is 0 Å². The van der Waals surface area contributed by atoms with Gasteiger partial charge < -0.3 is 5.32 Å². The molecule has 0 aliphatic rings. The van der Waals surface area contributed by atoms with Crippen LogP contribution < -0.4 is 5.32 Å². The van der Waals surface area contributed by atoms with E-state index in [0.29, 0.717) is 12.2 Å². The lowest BCUT2D eigenvalue weighted by atomic mass is 10.1. The van der Waals surface area contributed by atoms with Crippen molar-refractivity contribution in [2.45, 2.75) is 13.3 Å². The maximum atomic E-state index is 12.1. The Balaban J connectivity index is 1.71. The fraction of sp³-hybridized carbons (Fsp3) is 0.125. The summed E-state index contributed by atoms with van der Waals surface area (Å²) in [4.78, 5) is 20.3. The highest BCUT2D eigenvalue weighted by Crippen LogP contribution is 2.19. The molecular formula is C16H15N5O. The van der Waals surface area contributed by atoms with E-state index in [9.17, 15) is 4.79 Å². The van der Waals surface area contributed by atoms with Crippen LogP contribution in [0, 0.1) is 6.92 Å². The summed E-state index contributed by atoms with van der Waals surface area (Å²) in [6.07, 6.45) is 3.66. The second kappa shape index (κ2) is 6.17. The van der Waals surface area contributed by atoms with Crippen LogP contribution in [0.1, 0.15) is 11.4 Å². The zero-order chi connectivity index (χ0) is 15.4. The fourth-order valence-electron chi connectivity index (χ4n) is 2.10. The monoisotopic (exact) mass is 293 g/mol. The molecule has 2 aromatic heterocycles. The summed E-state index contributed by atoms with van der Waals surface area (Å²) in [5, 5.41) is 9.81. The molecule has 1 aromatic carbocycles. The van der Waals surface area contributed by atoms with Crippen LogP contribution in [-0.4, -0.2) is 26.1 Å². The number of hydrogen-bond acceptors (Lipinski definition) is 4. The Morgan fingerprint density at radius 2 is 2.05 bits per heavy atom. The molecule has 0 bridgehead atoms. The highest BCUT2D eigenvalue weighted by Gasteiger charge is 2.07. The maximum Gasteiger partial charge on any atom is 0.228 e. The summed E-state index contributed by atoms with van der Waals surface area (Å²) < 4.78 is 0. The maximum absolute atomic E-state index is 12.1. The number of rotatable bonds is 4. The third-order valence-corrected chi connectivity index (χ3v) is 3.12. The van der Waals surface area contributed by atoms with E-state index >= 15 is 0 Å². The van der Waals surface area contributed by atoms with Crippen molar-refractivity contribution in [2.24, 2.45) is 0 Å². The predicted octanol–water partition coefficient (Wildman–Crippen LogP) is 2.36. The third kappa shape index (κ3) is 3.35. The van der Waals surface area contributed by atoms with Gasteiger partial charge in [0, 0.05) is 23.6 Å². The minimum absolute atomic E-state index is 0.0745. The molecule has 0 atom stereocenters. The number of pyridine rings is 1. The van der Waals surface area contributed by atoms with Crippen molar-refractivity contribution in [2.75, 3.05) is 5.32 Å². The number of anilines is 1. The summed E-state index contributed by atoms with van der Waals surface area (Å²) in [7, 11) is 0. The molecule has 6 nitrogen and oxygen atoms in total. The van der Waals surface area contributed by atoms with Gasteiger partial charge in [0.15, 0.2) is 5.82 Å². The van der Waals surface area contributed by atoms with E-state index in [4.69, 9.17) is 0 Å². The first-order valence-electron chi connectivity index (χ1n) is 6.89. The minimum Gasteiger partial charge on any atom is -0.326 e. The number of aromatic amines is 1. The molecule has 0 aliphatic carbocycles. The van der Waals surface area contributed by atoms with Gasteiger partial charge in [-0.1, -0.05) is 12.1 Å². The van der Waals surface area contributed by atoms with Gasteiger partial charge in [-0.05, 0) is 36.8 Å².